The van der Waals surface area contributed by atoms with Gasteiger partial charge in [-0.05, 0) is 18.2 Å². The van der Waals surface area contributed by atoms with E-state index < -0.39 is 6.10 Å². The number of ether oxygens (including phenoxy) is 1. The van der Waals surface area contributed by atoms with Gasteiger partial charge in [-0.15, -0.1) is 0 Å². The summed E-state index contributed by atoms with van der Waals surface area (Å²) in [4.78, 5) is 0. The van der Waals surface area contributed by atoms with E-state index in [4.69, 9.17) is 16.3 Å². The number of fused-ring (bicyclic) bond motifs is 1. The number of halogens is 1. The Balaban J connectivity index is 2.48. The van der Waals surface area contributed by atoms with Crippen LogP contribution in [0.3, 0.4) is 0 Å². The molecule has 0 saturated heterocycles. The normalized spacial score (nSPS) is 23.9. The molecule has 2 rings (SSSR count). The highest BCUT2D eigenvalue weighted by Crippen LogP contribution is 2.43. The zero-order valence-corrected chi connectivity index (χ0v) is 9.01. The van der Waals surface area contributed by atoms with Crippen LogP contribution in [0.4, 0.5) is 0 Å². The molecule has 0 saturated carbocycles. The van der Waals surface area contributed by atoms with E-state index in [1.54, 1.807) is 18.2 Å². The predicted molar refractivity (Wildman–Crippen MR) is 55.7 cm³/mol. The van der Waals surface area contributed by atoms with Gasteiger partial charge < -0.3 is 9.84 Å². The first-order chi connectivity index (χ1) is 6.50. The van der Waals surface area contributed by atoms with Crippen LogP contribution in [-0.4, -0.2) is 11.7 Å². The van der Waals surface area contributed by atoms with Crippen LogP contribution in [0.2, 0.25) is 5.02 Å². The topological polar surface area (TPSA) is 29.5 Å². The van der Waals surface area contributed by atoms with Gasteiger partial charge in [-0.25, -0.2) is 0 Å². The molecule has 0 amide bonds. The molecule has 1 atom stereocenters. The minimum absolute atomic E-state index is 0.252. The van der Waals surface area contributed by atoms with E-state index in [1.165, 1.54) is 0 Å². The molecule has 1 unspecified atom stereocenters. The molecule has 1 aliphatic rings. The summed E-state index contributed by atoms with van der Waals surface area (Å²) in [6.07, 6.45) is -0.509. The Hall–Kier alpha value is -0.730. The molecule has 1 aromatic rings. The fourth-order valence-corrected chi connectivity index (χ4v) is 1.81. The highest BCUT2D eigenvalue weighted by molar-refractivity contribution is 6.30. The Kier molecular flexibility index (Phi) is 2.20. The number of rotatable bonds is 0. The molecule has 1 heterocycles. The molecule has 14 heavy (non-hydrogen) atoms. The minimum Gasteiger partial charge on any atom is -0.493 e. The van der Waals surface area contributed by atoms with Crippen LogP contribution in [0.1, 0.15) is 25.5 Å². The van der Waals surface area contributed by atoms with Crippen LogP contribution in [-0.2, 0) is 0 Å². The van der Waals surface area contributed by atoms with Crippen molar-refractivity contribution in [3.05, 3.63) is 28.8 Å². The Bertz CT molecular complexity index is 360. The molecule has 1 aromatic carbocycles. The molecular weight excluding hydrogens is 200 g/mol. The third kappa shape index (κ3) is 1.49. The first kappa shape index (κ1) is 9.81. The summed E-state index contributed by atoms with van der Waals surface area (Å²) in [7, 11) is 0. The highest BCUT2D eigenvalue weighted by Gasteiger charge is 2.36. The zero-order chi connectivity index (χ0) is 10.3. The molecule has 3 heteroatoms. The van der Waals surface area contributed by atoms with Gasteiger partial charge in [-0.3, -0.25) is 0 Å². The SMILES string of the molecule is CC1(C)COc2ccc(Cl)cc2C1O. The third-order valence-corrected chi connectivity index (χ3v) is 2.84. The van der Waals surface area contributed by atoms with E-state index in [1.807, 2.05) is 13.8 Å². The Morgan fingerprint density at radius 3 is 2.93 bits per heavy atom. The maximum atomic E-state index is 10.1. The van der Waals surface area contributed by atoms with Gasteiger partial charge in [0, 0.05) is 16.0 Å². The average molecular weight is 213 g/mol. The molecule has 2 nitrogen and oxygen atoms in total. The van der Waals surface area contributed by atoms with Crippen molar-refractivity contribution in [1.29, 1.82) is 0 Å². The third-order valence-electron chi connectivity index (χ3n) is 2.61. The number of benzene rings is 1. The van der Waals surface area contributed by atoms with Gasteiger partial charge in [0.05, 0.1) is 12.7 Å². The second kappa shape index (κ2) is 3.14. The van der Waals surface area contributed by atoms with Gasteiger partial charge in [0.1, 0.15) is 5.75 Å². The number of hydrogen-bond acceptors (Lipinski definition) is 2. The Morgan fingerprint density at radius 2 is 2.21 bits per heavy atom. The predicted octanol–water partition coefficient (Wildman–Crippen LogP) is 2.79. The summed E-state index contributed by atoms with van der Waals surface area (Å²) < 4.78 is 5.55. The van der Waals surface area contributed by atoms with Crippen molar-refractivity contribution in [2.75, 3.05) is 6.61 Å². The summed E-state index contributed by atoms with van der Waals surface area (Å²) in [6, 6.07) is 5.34. The van der Waals surface area contributed by atoms with Crippen molar-refractivity contribution in [1.82, 2.24) is 0 Å². The lowest BCUT2D eigenvalue weighted by Crippen LogP contribution is -2.33. The molecule has 1 aliphatic heterocycles. The summed E-state index contributed by atoms with van der Waals surface area (Å²) in [5.41, 5.74) is 0.534. The minimum atomic E-state index is -0.509. The summed E-state index contributed by atoms with van der Waals surface area (Å²) in [5, 5.41) is 10.7. The van der Waals surface area contributed by atoms with Crippen molar-refractivity contribution in [3.8, 4) is 5.75 Å². The average Bonchev–Trinajstić information content (AvgIpc) is 2.13. The first-order valence-electron chi connectivity index (χ1n) is 4.61. The van der Waals surface area contributed by atoms with Gasteiger partial charge in [0.25, 0.3) is 0 Å². The van der Waals surface area contributed by atoms with Gasteiger partial charge in [-0.2, -0.15) is 0 Å². The maximum absolute atomic E-state index is 10.1. The van der Waals surface area contributed by atoms with Crippen LogP contribution in [0.25, 0.3) is 0 Å². The fourth-order valence-electron chi connectivity index (χ4n) is 1.63. The second-order valence-corrected chi connectivity index (χ2v) is 4.80. The maximum Gasteiger partial charge on any atom is 0.125 e. The molecular formula is C11H13ClO2. The standard InChI is InChI=1S/C11H13ClO2/c1-11(2)6-14-9-4-3-7(12)5-8(9)10(11)13/h3-5,10,13H,6H2,1-2H3. The lowest BCUT2D eigenvalue weighted by Gasteiger charge is -2.36. The van der Waals surface area contributed by atoms with Crippen LogP contribution in [0, 0.1) is 5.41 Å². The second-order valence-electron chi connectivity index (χ2n) is 4.36. The van der Waals surface area contributed by atoms with Crippen LogP contribution in [0.15, 0.2) is 18.2 Å². The van der Waals surface area contributed by atoms with Crippen molar-refractivity contribution in [2.45, 2.75) is 20.0 Å². The van der Waals surface area contributed by atoms with E-state index >= 15 is 0 Å². The largest absolute Gasteiger partial charge is 0.493 e. The smallest absolute Gasteiger partial charge is 0.125 e. The lowest BCUT2D eigenvalue weighted by atomic mass is 9.81. The summed E-state index contributed by atoms with van der Waals surface area (Å²) in [5.74, 6) is 0.737. The van der Waals surface area contributed by atoms with E-state index in [0.29, 0.717) is 11.6 Å². The molecule has 0 aromatic heterocycles. The lowest BCUT2D eigenvalue weighted by molar-refractivity contribution is -0.00717. The number of aliphatic hydroxyl groups excluding tert-OH is 1. The molecule has 1 N–H and O–H groups in total. The van der Waals surface area contributed by atoms with Crippen molar-refractivity contribution in [3.63, 3.8) is 0 Å². The van der Waals surface area contributed by atoms with Gasteiger partial charge >= 0.3 is 0 Å². The first-order valence-corrected chi connectivity index (χ1v) is 4.99. The summed E-state index contributed by atoms with van der Waals surface area (Å²) in [6.45, 7) is 4.48. The number of hydrogen-bond donors (Lipinski definition) is 1. The fraction of sp³-hybridized carbons (Fsp3) is 0.455. The zero-order valence-electron chi connectivity index (χ0n) is 8.25. The van der Waals surface area contributed by atoms with E-state index in [0.717, 1.165) is 11.3 Å². The quantitative estimate of drug-likeness (QED) is 0.717. The Morgan fingerprint density at radius 1 is 1.50 bits per heavy atom. The molecule has 0 fully saturated rings. The molecule has 0 radical (unpaired) electrons. The number of aliphatic hydroxyl groups is 1. The molecule has 76 valence electrons. The van der Waals surface area contributed by atoms with E-state index in [2.05, 4.69) is 0 Å². The van der Waals surface area contributed by atoms with Crippen molar-refractivity contribution in [2.24, 2.45) is 5.41 Å². The van der Waals surface area contributed by atoms with E-state index in [-0.39, 0.29) is 5.41 Å². The van der Waals surface area contributed by atoms with Crippen LogP contribution in [0.5, 0.6) is 5.75 Å². The van der Waals surface area contributed by atoms with Crippen LogP contribution < -0.4 is 4.74 Å². The summed E-state index contributed by atoms with van der Waals surface area (Å²) >= 11 is 5.87. The van der Waals surface area contributed by atoms with Crippen molar-refractivity contribution < 1.29 is 9.84 Å². The highest BCUT2D eigenvalue weighted by atomic mass is 35.5. The molecule has 0 bridgehead atoms. The van der Waals surface area contributed by atoms with Crippen molar-refractivity contribution >= 4 is 11.6 Å². The van der Waals surface area contributed by atoms with Gasteiger partial charge in [-0.1, -0.05) is 25.4 Å². The molecule has 0 spiro atoms. The van der Waals surface area contributed by atoms with E-state index in [9.17, 15) is 5.11 Å². The van der Waals surface area contributed by atoms with Gasteiger partial charge in [0.15, 0.2) is 0 Å². The molecule has 0 aliphatic carbocycles. The van der Waals surface area contributed by atoms with Crippen LogP contribution >= 0.6 is 11.6 Å². The Labute approximate surface area is 88.5 Å². The monoisotopic (exact) mass is 212 g/mol. The van der Waals surface area contributed by atoms with Gasteiger partial charge in [0.2, 0.25) is 0 Å².